The third-order valence-corrected chi connectivity index (χ3v) is 6.38. The molecular weight excluding hydrogens is 366 g/mol. The first-order valence-corrected chi connectivity index (χ1v) is 11.2. The van der Waals surface area contributed by atoms with Gasteiger partial charge in [0.05, 0.1) is 25.2 Å². The number of carbonyl (C=O) groups is 1. The van der Waals surface area contributed by atoms with Crippen molar-refractivity contribution >= 4 is 5.91 Å². The molecule has 3 aliphatic heterocycles. The van der Waals surface area contributed by atoms with Gasteiger partial charge in [0, 0.05) is 52.4 Å². The van der Waals surface area contributed by atoms with Crippen molar-refractivity contribution in [2.45, 2.75) is 31.9 Å². The van der Waals surface area contributed by atoms with Crippen LogP contribution in [0.2, 0.25) is 0 Å². The zero-order valence-electron chi connectivity index (χ0n) is 17.4. The molecule has 160 valence electrons. The van der Waals surface area contributed by atoms with Gasteiger partial charge >= 0.3 is 0 Å². The summed E-state index contributed by atoms with van der Waals surface area (Å²) in [6, 6.07) is 10.6. The maximum absolute atomic E-state index is 13.0. The fourth-order valence-corrected chi connectivity index (χ4v) is 4.91. The maximum atomic E-state index is 13.0. The van der Waals surface area contributed by atoms with Gasteiger partial charge in [0.25, 0.3) is 0 Å². The minimum absolute atomic E-state index is 0.0555. The van der Waals surface area contributed by atoms with Crippen LogP contribution in [0.15, 0.2) is 30.3 Å². The van der Waals surface area contributed by atoms with Crippen LogP contribution in [-0.2, 0) is 20.8 Å². The molecule has 6 nitrogen and oxygen atoms in total. The number of rotatable bonds is 7. The summed E-state index contributed by atoms with van der Waals surface area (Å²) in [5.74, 6) is 0.772. The molecule has 0 unspecified atom stereocenters. The van der Waals surface area contributed by atoms with E-state index in [0.29, 0.717) is 12.5 Å². The van der Waals surface area contributed by atoms with Crippen LogP contribution in [0.25, 0.3) is 0 Å². The minimum Gasteiger partial charge on any atom is -0.379 e. The SMILES string of the molecule is O=C(NC[C@H]1CCCO1)[C@@H]1C[C@H](CN2CCOCC2)CN(Cc2ccccc2)C1. The van der Waals surface area contributed by atoms with E-state index in [0.717, 1.165) is 78.4 Å². The zero-order chi connectivity index (χ0) is 19.9. The second-order valence-corrected chi connectivity index (χ2v) is 8.77. The van der Waals surface area contributed by atoms with Crippen molar-refractivity contribution in [3.63, 3.8) is 0 Å². The second-order valence-electron chi connectivity index (χ2n) is 8.77. The van der Waals surface area contributed by atoms with Gasteiger partial charge in [-0.05, 0) is 30.7 Å². The molecule has 29 heavy (non-hydrogen) atoms. The Morgan fingerprint density at radius 2 is 1.90 bits per heavy atom. The standard InChI is InChI=1S/C23H35N3O3/c27-23(24-14-22-7-4-10-29-22)21-13-20(16-25-8-11-28-12-9-25)17-26(18-21)15-19-5-2-1-3-6-19/h1-3,5-6,20-22H,4,7-18H2,(H,24,27)/t20-,21-,22-/m1/s1. The van der Waals surface area contributed by atoms with E-state index in [4.69, 9.17) is 9.47 Å². The molecule has 3 saturated heterocycles. The molecule has 1 aromatic carbocycles. The topological polar surface area (TPSA) is 54.0 Å². The lowest BCUT2D eigenvalue weighted by Crippen LogP contribution is -2.50. The molecule has 3 heterocycles. The van der Waals surface area contributed by atoms with Gasteiger partial charge in [-0.25, -0.2) is 0 Å². The van der Waals surface area contributed by atoms with Gasteiger partial charge in [0.2, 0.25) is 5.91 Å². The van der Waals surface area contributed by atoms with Crippen molar-refractivity contribution in [3.8, 4) is 0 Å². The van der Waals surface area contributed by atoms with Crippen LogP contribution in [0, 0.1) is 11.8 Å². The number of amides is 1. The number of ether oxygens (including phenoxy) is 2. The normalized spacial score (nSPS) is 29.0. The number of likely N-dealkylation sites (tertiary alicyclic amines) is 1. The molecule has 0 radical (unpaired) electrons. The van der Waals surface area contributed by atoms with Crippen molar-refractivity contribution in [2.75, 3.05) is 59.1 Å². The molecular formula is C23H35N3O3. The average molecular weight is 402 g/mol. The number of benzene rings is 1. The third kappa shape index (κ3) is 6.25. The molecule has 4 rings (SSSR count). The predicted molar refractivity (Wildman–Crippen MR) is 113 cm³/mol. The summed E-state index contributed by atoms with van der Waals surface area (Å²) in [6.45, 7) is 9.01. The lowest BCUT2D eigenvalue weighted by Gasteiger charge is -2.40. The number of carbonyl (C=O) groups excluding carboxylic acids is 1. The van der Waals surface area contributed by atoms with E-state index < -0.39 is 0 Å². The third-order valence-electron chi connectivity index (χ3n) is 6.38. The molecule has 3 fully saturated rings. The monoisotopic (exact) mass is 401 g/mol. The summed E-state index contributed by atoms with van der Waals surface area (Å²) in [4.78, 5) is 17.9. The maximum Gasteiger partial charge on any atom is 0.224 e. The number of nitrogens with zero attached hydrogens (tertiary/aromatic N) is 2. The minimum atomic E-state index is 0.0555. The summed E-state index contributed by atoms with van der Waals surface area (Å²) < 4.78 is 11.2. The van der Waals surface area contributed by atoms with Gasteiger partial charge in [0.1, 0.15) is 0 Å². The Labute approximate surface area is 174 Å². The van der Waals surface area contributed by atoms with Crippen molar-refractivity contribution in [1.29, 1.82) is 0 Å². The van der Waals surface area contributed by atoms with Crippen LogP contribution in [0.3, 0.4) is 0 Å². The Balaban J connectivity index is 1.36. The Bertz CT molecular complexity index is 630. The number of morpholine rings is 1. The Morgan fingerprint density at radius 3 is 2.66 bits per heavy atom. The average Bonchev–Trinajstić information content (AvgIpc) is 3.27. The van der Waals surface area contributed by atoms with Crippen LogP contribution in [0.4, 0.5) is 0 Å². The largest absolute Gasteiger partial charge is 0.379 e. The van der Waals surface area contributed by atoms with Crippen LogP contribution in [-0.4, -0.2) is 80.9 Å². The fraction of sp³-hybridized carbons (Fsp3) is 0.696. The van der Waals surface area contributed by atoms with Gasteiger partial charge in [0.15, 0.2) is 0 Å². The molecule has 0 spiro atoms. The molecule has 3 aliphatic rings. The lowest BCUT2D eigenvalue weighted by atomic mass is 9.87. The summed E-state index contributed by atoms with van der Waals surface area (Å²) in [6.07, 6.45) is 3.34. The summed E-state index contributed by atoms with van der Waals surface area (Å²) in [7, 11) is 0. The van der Waals surface area contributed by atoms with E-state index in [1.807, 2.05) is 0 Å². The Morgan fingerprint density at radius 1 is 1.07 bits per heavy atom. The quantitative estimate of drug-likeness (QED) is 0.755. The van der Waals surface area contributed by atoms with E-state index in [-0.39, 0.29) is 17.9 Å². The van der Waals surface area contributed by atoms with Gasteiger partial charge in [-0.1, -0.05) is 30.3 Å². The highest BCUT2D eigenvalue weighted by Crippen LogP contribution is 2.25. The van der Waals surface area contributed by atoms with E-state index in [2.05, 4.69) is 45.4 Å². The Kier molecular flexibility index (Phi) is 7.55. The zero-order valence-corrected chi connectivity index (χ0v) is 17.4. The summed E-state index contributed by atoms with van der Waals surface area (Å²) in [5, 5.41) is 3.18. The molecule has 6 heteroatoms. The molecule has 0 aliphatic carbocycles. The lowest BCUT2D eigenvalue weighted by molar-refractivity contribution is -0.128. The van der Waals surface area contributed by atoms with E-state index in [9.17, 15) is 4.79 Å². The van der Waals surface area contributed by atoms with Crippen LogP contribution >= 0.6 is 0 Å². The number of piperidine rings is 1. The first-order valence-electron chi connectivity index (χ1n) is 11.2. The van der Waals surface area contributed by atoms with Gasteiger partial charge < -0.3 is 14.8 Å². The fourth-order valence-electron chi connectivity index (χ4n) is 4.91. The van der Waals surface area contributed by atoms with Crippen molar-refractivity contribution < 1.29 is 14.3 Å². The molecule has 0 saturated carbocycles. The molecule has 0 aromatic heterocycles. The summed E-state index contributed by atoms with van der Waals surface area (Å²) >= 11 is 0. The van der Waals surface area contributed by atoms with E-state index in [1.165, 1.54) is 5.56 Å². The molecule has 3 atom stereocenters. The second kappa shape index (κ2) is 10.5. The number of hydrogen-bond acceptors (Lipinski definition) is 5. The van der Waals surface area contributed by atoms with Crippen molar-refractivity contribution in [2.24, 2.45) is 11.8 Å². The van der Waals surface area contributed by atoms with Crippen LogP contribution < -0.4 is 5.32 Å². The summed E-state index contributed by atoms with van der Waals surface area (Å²) in [5.41, 5.74) is 1.32. The van der Waals surface area contributed by atoms with Gasteiger partial charge in [-0.15, -0.1) is 0 Å². The first kappa shape index (κ1) is 20.8. The molecule has 1 amide bonds. The van der Waals surface area contributed by atoms with Crippen molar-refractivity contribution in [3.05, 3.63) is 35.9 Å². The number of hydrogen-bond donors (Lipinski definition) is 1. The Hall–Kier alpha value is -1.47. The van der Waals surface area contributed by atoms with Crippen LogP contribution in [0.1, 0.15) is 24.8 Å². The predicted octanol–water partition coefficient (Wildman–Crippen LogP) is 1.75. The van der Waals surface area contributed by atoms with Crippen molar-refractivity contribution in [1.82, 2.24) is 15.1 Å². The highest BCUT2D eigenvalue weighted by atomic mass is 16.5. The molecule has 0 bridgehead atoms. The highest BCUT2D eigenvalue weighted by molar-refractivity contribution is 5.79. The highest BCUT2D eigenvalue weighted by Gasteiger charge is 2.33. The van der Waals surface area contributed by atoms with E-state index >= 15 is 0 Å². The van der Waals surface area contributed by atoms with Gasteiger partial charge in [-0.3, -0.25) is 14.6 Å². The molecule has 1 N–H and O–H groups in total. The van der Waals surface area contributed by atoms with Gasteiger partial charge in [-0.2, -0.15) is 0 Å². The van der Waals surface area contributed by atoms with E-state index in [1.54, 1.807) is 0 Å². The molecule has 1 aromatic rings. The number of nitrogens with one attached hydrogen (secondary N) is 1. The first-order chi connectivity index (χ1) is 14.3. The van der Waals surface area contributed by atoms with Crippen LogP contribution in [0.5, 0.6) is 0 Å². The smallest absolute Gasteiger partial charge is 0.224 e.